The zero-order chi connectivity index (χ0) is 9.80. The molecule has 3 atom stereocenters. The van der Waals surface area contributed by atoms with E-state index in [0.29, 0.717) is 6.04 Å². The van der Waals surface area contributed by atoms with Crippen LogP contribution >= 0.6 is 0 Å². The third-order valence-electron chi connectivity index (χ3n) is 3.46. The number of nitrogens with one attached hydrogen (secondary N) is 1. The molecule has 2 rings (SSSR count). The summed E-state index contributed by atoms with van der Waals surface area (Å²) < 4.78 is 5.32. The van der Waals surface area contributed by atoms with Gasteiger partial charge in [-0.05, 0) is 44.6 Å². The van der Waals surface area contributed by atoms with Gasteiger partial charge >= 0.3 is 0 Å². The molecule has 2 N–H and O–H groups in total. The Hall–Kier alpha value is -0.120. The van der Waals surface area contributed by atoms with Gasteiger partial charge in [0.2, 0.25) is 0 Å². The van der Waals surface area contributed by atoms with Crippen LogP contribution in [0.1, 0.15) is 32.1 Å². The third-order valence-corrected chi connectivity index (χ3v) is 3.46. The third kappa shape index (κ3) is 2.69. The van der Waals surface area contributed by atoms with Gasteiger partial charge in [-0.15, -0.1) is 0 Å². The van der Waals surface area contributed by atoms with Crippen molar-refractivity contribution in [3.8, 4) is 0 Å². The maximum absolute atomic E-state index is 9.59. The number of rotatable bonds is 4. The summed E-state index contributed by atoms with van der Waals surface area (Å²) in [5.41, 5.74) is 0. The van der Waals surface area contributed by atoms with Gasteiger partial charge in [-0.3, -0.25) is 0 Å². The van der Waals surface area contributed by atoms with Crippen molar-refractivity contribution in [3.63, 3.8) is 0 Å². The van der Waals surface area contributed by atoms with E-state index in [0.717, 1.165) is 38.5 Å². The molecule has 1 aliphatic carbocycles. The number of ether oxygens (including phenoxy) is 1. The molecule has 1 saturated heterocycles. The Labute approximate surface area is 85.8 Å². The summed E-state index contributed by atoms with van der Waals surface area (Å²) in [7, 11) is 0. The lowest BCUT2D eigenvalue weighted by molar-refractivity contribution is 0.147. The predicted molar refractivity (Wildman–Crippen MR) is 55.2 cm³/mol. The Balaban J connectivity index is 1.57. The molecule has 1 saturated carbocycles. The van der Waals surface area contributed by atoms with Crippen molar-refractivity contribution in [1.82, 2.24) is 5.32 Å². The van der Waals surface area contributed by atoms with Gasteiger partial charge in [0.05, 0.1) is 6.10 Å². The topological polar surface area (TPSA) is 41.5 Å². The molecule has 0 radical (unpaired) electrons. The lowest BCUT2D eigenvalue weighted by Crippen LogP contribution is -2.36. The Morgan fingerprint density at radius 3 is 2.86 bits per heavy atom. The summed E-state index contributed by atoms with van der Waals surface area (Å²) in [6.07, 6.45) is 5.60. The van der Waals surface area contributed by atoms with E-state index in [1.54, 1.807) is 0 Å². The highest BCUT2D eigenvalue weighted by Crippen LogP contribution is 2.20. The monoisotopic (exact) mass is 199 g/mol. The van der Waals surface area contributed by atoms with Crippen molar-refractivity contribution in [3.05, 3.63) is 0 Å². The Kier molecular flexibility index (Phi) is 3.79. The van der Waals surface area contributed by atoms with Gasteiger partial charge in [0, 0.05) is 19.3 Å². The molecule has 0 aromatic rings. The van der Waals surface area contributed by atoms with Crippen LogP contribution in [0.3, 0.4) is 0 Å². The molecule has 2 fully saturated rings. The van der Waals surface area contributed by atoms with E-state index in [1.165, 1.54) is 19.3 Å². The van der Waals surface area contributed by atoms with Crippen LogP contribution in [0.5, 0.6) is 0 Å². The Morgan fingerprint density at radius 2 is 2.21 bits per heavy atom. The van der Waals surface area contributed by atoms with E-state index in [9.17, 15) is 5.11 Å². The maximum atomic E-state index is 9.59. The van der Waals surface area contributed by atoms with Crippen LogP contribution in [0.4, 0.5) is 0 Å². The molecule has 1 unspecified atom stereocenters. The van der Waals surface area contributed by atoms with Crippen molar-refractivity contribution >= 4 is 0 Å². The van der Waals surface area contributed by atoms with Crippen LogP contribution in [-0.2, 0) is 4.74 Å². The van der Waals surface area contributed by atoms with Crippen molar-refractivity contribution in [2.75, 3.05) is 19.8 Å². The highest BCUT2D eigenvalue weighted by Gasteiger charge is 2.24. The summed E-state index contributed by atoms with van der Waals surface area (Å²) in [5.74, 6) is 0.751. The number of hydrogen-bond donors (Lipinski definition) is 2. The fourth-order valence-corrected chi connectivity index (χ4v) is 2.46. The summed E-state index contributed by atoms with van der Waals surface area (Å²) >= 11 is 0. The minimum absolute atomic E-state index is 0.102. The summed E-state index contributed by atoms with van der Waals surface area (Å²) in [4.78, 5) is 0. The second-order valence-corrected chi connectivity index (χ2v) is 4.58. The van der Waals surface area contributed by atoms with Gasteiger partial charge < -0.3 is 15.2 Å². The molecule has 0 aromatic heterocycles. The lowest BCUT2D eigenvalue weighted by atomic mass is 10.0. The maximum Gasteiger partial charge on any atom is 0.0693 e. The Bertz CT molecular complexity index is 169. The van der Waals surface area contributed by atoms with E-state index < -0.39 is 0 Å². The molecule has 3 nitrogen and oxygen atoms in total. The van der Waals surface area contributed by atoms with Crippen LogP contribution in [0, 0.1) is 5.92 Å². The fourth-order valence-electron chi connectivity index (χ4n) is 2.46. The minimum atomic E-state index is -0.102. The van der Waals surface area contributed by atoms with E-state index in [2.05, 4.69) is 5.32 Å². The minimum Gasteiger partial charge on any atom is -0.392 e. The van der Waals surface area contributed by atoms with Crippen molar-refractivity contribution in [1.29, 1.82) is 0 Å². The normalized spacial score (nSPS) is 37.9. The first-order chi connectivity index (χ1) is 6.86. The first-order valence-corrected chi connectivity index (χ1v) is 5.85. The molecule has 14 heavy (non-hydrogen) atoms. The van der Waals surface area contributed by atoms with Crippen molar-refractivity contribution in [2.24, 2.45) is 5.92 Å². The molecule has 0 bridgehead atoms. The molecule has 0 aromatic carbocycles. The lowest BCUT2D eigenvalue weighted by Gasteiger charge is -2.17. The van der Waals surface area contributed by atoms with E-state index in [1.807, 2.05) is 0 Å². The van der Waals surface area contributed by atoms with E-state index in [-0.39, 0.29) is 6.10 Å². The number of aliphatic hydroxyl groups is 1. The molecule has 82 valence electrons. The second-order valence-electron chi connectivity index (χ2n) is 4.58. The molecule has 1 aliphatic heterocycles. The smallest absolute Gasteiger partial charge is 0.0693 e. The van der Waals surface area contributed by atoms with Gasteiger partial charge in [0.15, 0.2) is 0 Å². The van der Waals surface area contributed by atoms with Crippen LogP contribution in [0.2, 0.25) is 0 Å². The van der Waals surface area contributed by atoms with Gasteiger partial charge in [-0.2, -0.15) is 0 Å². The zero-order valence-corrected chi connectivity index (χ0v) is 8.74. The van der Waals surface area contributed by atoms with Gasteiger partial charge in [-0.25, -0.2) is 0 Å². The molecular weight excluding hydrogens is 178 g/mol. The molecule has 3 heteroatoms. The van der Waals surface area contributed by atoms with E-state index >= 15 is 0 Å². The van der Waals surface area contributed by atoms with Gasteiger partial charge in [0.1, 0.15) is 0 Å². The highest BCUT2D eigenvalue weighted by atomic mass is 16.5. The predicted octanol–water partition coefficient (Wildman–Crippen LogP) is 0.916. The quantitative estimate of drug-likeness (QED) is 0.707. The van der Waals surface area contributed by atoms with Crippen molar-refractivity contribution in [2.45, 2.75) is 44.2 Å². The first kappa shape index (κ1) is 10.4. The first-order valence-electron chi connectivity index (χ1n) is 5.85. The Morgan fingerprint density at radius 1 is 1.29 bits per heavy atom. The molecule has 0 spiro atoms. The van der Waals surface area contributed by atoms with Gasteiger partial charge in [0.25, 0.3) is 0 Å². The van der Waals surface area contributed by atoms with Crippen LogP contribution in [0.15, 0.2) is 0 Å². The summed E-state index contributed by atoms with van der Waals surface area (Å²) in [5, 5.41) is 13.0. The van der Waals surface area contributed by atoms with Crippen LogP contribution in [-0.4, -0.2) is 37.0 Å². The largest absolute Gasteiger partial charge is 0.392 e. The standard InChI is InChI=1S/C11H21NO2/c13-11-3-1-2-10(11)12-6-4-9-5-7-14-8-9/h9-13H,1-8H2/t9?,10-,11-/m1/s1. The average Bonchev–Trinajstić information content (AvgIpc) is 2.78. The van der Waals surface area contributed by atoms with Crippen LogP contribution in [0.25, 0.3) is 0 Å². The molecule has 2 aliphatic rings. The summed E-state index contributed by atoms with van der Waals surface area (Å²) in [6, 6.07) is 0.359. The number of hydrogen-bond acceptors (Lipinski definition) is 3. The average molecular weight is 199 g/mol. The SMILES string of the molecule is O[C@@H]1CCC[C@H]1NCCC1CCOC1. The van der Waals surface area contributed by atoms with Crippen molar-refractivity contribution < 1.29 is 9.84 Å². The van der Waals surface area contributed by atoms with Gasteiger partial charge in [-0.1, -0.05) is 0 Å². The molecule has 0 amide bonds. The zero-order valence-electron chi connectivity index (χ0n) is 8.74. The fraction of sp³-hybridized carbons (Fsp3) is 1.00. The molecule has 1 heterocycles. The van der Waals surface area contributed by atoms with Crippen LogP contribution < -0.4 is 5.32 Å². The number of aliphatic hydroxyl groups excluding tert-OH is 1. The van der Waals surface area contributed by atoms with E-state index in [4.69, 9.17) is 4.74 Å². The highest BCUT2D eigenvalue weighted by molar-refractivity contribution is 4.82. The second kappa shape index (κ2) is 5.10. The summed E-state index contributed by atoms with van der Waals surface area (Å²) in [6.45, 7) is 2.92. The molecular formula is C11H21NO2.